The van der Waals surface area contributed by atoms with E-state index < -0.39 is 0 Å². The smallest absolute Gasteiger partial charge is 0.0638 e. The van der Waals surface area contributed by atoms with E-state index in [4.69, 9.17) is 4.74 Å². The van der Waals surface area contributed by atoms with Crippen LogP contribution in [-0.4, -0.2) is 29.5 Å². The van der Waals surface area contributed by atoms with Gasteiger partial charge in [0, 0.05) is 30.5 Å². The zero-order valence-corrected chi connectivity index (χ0v) is 10.3. The molecule has 2 N–H and O–H groups in total. The van der Waals surface area contributed by atoms with E-state index >= 15 is 0 Å². The number of nitrogens with zero attached hydrogens (tertiary/aromatic N) is 1. The molecule has 4 heteroatoms. The largest absolute Gasteiger partial charge is 0.381 e. The average molecular weight is 223 g/mol. The second-order valence-corrected chi connectivity index (χ2v) is 4.71. The van der Waals surface area contributed by atoms with Crippen molar-refractivity contribution in [2.24, 2.45) is 5.92 Å². The molecule has 4 nitrogen and oxygen atoms in total. The first-order valence-corrected chi connectivity index (χ1v) is 6.00. The predicted octanol–water partition coefficient (Wildman–Crippen LogP) is 1.54. The van der Waals surface area contributed by atoms with E-state index in [0.29, 0.717) is 12.0 Å². The minimum atomic E-state index is 0.510. The molecule has 2 atom stereocenters. The van der Waals surface area contributed by atoms with Crippen molar-refractivity contribution in [2.45, 2.75) is 39.8 Å². The van der Waals surface area contributed by atoms with Gasteiger partial charge in [-0.25, -0.2) is 0 Å². The van der Waals surface area contributed by atoms with Crippen LogP contribution in [-0.2, 0) is 11.3 Å². The molecule has 0 bridgehead atoms. The standard InChI is InChI=1S/C12H21N3O/c1-8(11-4-5-16-7-11)13-6-12-9(2)14-15-10(12)3/h8,11,13H,4-7H2,1-3H3,(H,14,15). The molecule has 0 spiro atoms. The molecule has 90 valence electrons. The van der Waals surface area contributed by atoms with Gasteiger partial charge < -0.3 is 10.1 Å². The molecule has 0 amide bonds. The summed E-state index contributed by atoms with van der Waals surface area (Å²) in [5, 5.41) is 10.8. The number of hydrogen-bond donors (Lipinski definition) is 2. The van der Waals surface area contributed by atoms with Crippen molar-refractivity contribution >= 4 is 0 Å². The molecule has 1 aliphatic rings. The van der Waals surface area contributed by atoms with Gasteiger partial charge >= 0.3 is 0 Å². The number of nitrogens with one attached hydrogen (secondary N) is 2. The highest BCUT2D eigenvalue weighted by atomic mass is 16.5. The number of hydrogen-bond acceptors (Lipinski definition) is 3. The Labute approximate surface area is 96.8 Å². The molecule has 0 radical (unpaired) electrons. The molecule has 0 aliphatic carbocycles. The molecule has 1 aliphatic heterocycles. The van der Waals surface area contributed by atoms with Gasteiger partial charge in [-0.05, 0) is 33.1 Å². The van der Waals surface area contributed by atoms with Crippen molar-refractivity contribution in [3.05, 3.63) is 17.0 Å². The molecule has 1 aromatic heterocycles. The van der Waals surface area contributed by atoms with Crippen LogP contribution in [0, 0.1) is 19.8 Å². The van der Waals surface area contributed by atoms with Crippen LogP contribution >= 0.6 is 0 Å². The maximum Gasteiger partial charge on any atom is 0.0638 e. The molecule has 1 aromatic rings. The van der Waals surface area contributed by atoms with Gasteiger partial charge in [-0.3, -0.25) is 5.10 Å². The molecular weight excluding hydrogens is 202 g/mol. The summed E-state index contributed by atoms with van der Waals surface area (Å²) >= 11 is 0. The van der Waals surface area contributed by atoms with E-state index in [1.807, 2.05) is 6.92 Å². The van der Waals surface area contributed by atoms with E-state index in [2.05, 4.69) is 29.4 Å². The lowest BCUT2D eigenvalue weighted by molar-refractivity contribution is 0.178. The van der Waals surface area contributed by atoms with Gasteiger partial charge in [0.25, 0.3) is 0 Å². The van der Waals surface area contributed by atoms with Crippen LogP contribution in [0.3, 0.4) is 0 Å². The number of H-pyrrole nitrogens is 1. The van der Waals surface area contributed by atoms with E-state index in [-0.39, 0.29) is 0 Å². The summed E-state index contributed by atoms with van der Waals surface area (Å²) in [7, 11) is 0. The van der Waals surface area contributed by atoms with Crippen molar-refractivity contribution in [2.75, 3.05) is 13.2 Å². The summed E-state index contributed by atoms with van der Waals surface area (Å²) in [6.45, 7) is 9.07. The summed E-state index contributed by atoms with van der Waals surface area (Å²) in [6, 6.07) is 0.510. The van der Waals surface area contributed by atoms with Crippen LogP contribution in [0.15, 0.2) is 0 Å². The zero-order valence-electron chi connectivity index (χ0n) is 10.3. The first kappa shape index (κ1) is 11.6. The topological polar surface area (TPSA) is 49.9 Å². The van der Waals surface area contributed by atoms with Crippen molar-refractivity contribution in [3.8, 4) is 0 Å². The quantitative estimate of drug-likeness (QED) is 0.814. The predicted molar refractivity (Wildman–Crippen MR) is 63.3 cm³/mol. The Kier molecular flexibility index (Phi) is 3.61. The first-order valence-electron chi connectivity index (χ1n) is 6.00. The van der Waals surface area contributed by atoms with Gasteiger partial charge in [0.1, 0.15) is 0 Å². The summed E-state index contributed by atoms with van der Waals surface area (Å²) in [4.78, 5) is 0. The lowest BCUT2D eigenvalue weighted by Gasteiger charge is -2.19. The molecule has 1 fully saturated rings. The summed E-state index contributed by atoms with van der Waals surface area (Å²) in [5.41, 5.74) is 3.56. The fourth-order valence-corrected chi connectivity index (χ4v) is 2.21. The van der Waals surface area contributed by atoms with Gasteiger partial charge in [-0.2, -0.15) is 5.10 Å². The SMILES string of the molecule is Cc1n[nH]c(C)c1CNC(C)C1CCOC1. The molecule has 1 saturated heterocycles. The van der Waals surface area contributed by atoms with Gasteiger partial charge in [0.2, 0.25) is 0 Å². The van der Waals surface area contributed by atoms with Crippen LogP contribution in [0.5, 0.6) is 0 Å². The normalized spacial score (nSPS) is 22.6. The van der Waals surface area contributed by atoms with Gasteiger partial charge in [-0.15, -0.1) is 0 Å². The minimum absolute atomic E-state index is 0.510. The molecule has 2 heterocycles. The minimum Gasteiger partial charge on any atom is -0.381 e. The van der Waals surface area contributed by atoms with E-state index in [1.165, 1.54) is 17.7 Å². The molecule has 16 heavy (non-hydrogen) atoms. The molecular formula is C12H21N3O. The number of aryl methyl sites for hydroxylation is 2. The van der Waals surface area contributed by atoms with Crippen molar-refractivity contribution < 1.29 is 4.74 Å². The maximum absolute atomic E-state index is 5.40. The van der Waals surface area contributed by atoms with Gasteiger partial charge in [0.15, 0.2) is 0 Å². The van der Waals surface area contributed by atoms with Crippen molar-refractivity contribution in [1.82, 2.24) is 15.5 Å². The monoisotopic (exact) mass is 223 g/mol. The van der Waals surface area contributed by atoms with E-state index in [9.17, 15) is 0 Å². The first-order chi connectivity index (χ1) is 7.68. The number of ether oxygens (including phenoxy) is 1. The average Bonchev–Trinajstić information content (AvgIpc) is 2.87. The second-order valence-electron chi connectivity index (χ2n) is 4.71. The van der Waals surface area contributed by atoms with Crippen LogP contribution in [0.1, 0.15) is 30.3 Å². The van der Waals surface area contributed by atoms with Crippen LogP contribution < -0.4 is 5.32 Å². The summed E-state index contributed by atoms with van der Waals surface area (Å²) in [5.74, 6) is 0.660. The van der Waals surface area contributed by atoms with E-state index in [0.717, 1.165) is 25.5 Å². The van der Waals surface area contributed by atoms with Crippen LogP contribution in [0.4, 0.5) is 0 Å². The number of rotatable bonds is 4. The van der Waals surface area contributed by atoms with Gasteiger partial charge in [-0.1, -0.05) is 0 Å². The third-order valence-electron chi connectivity index (χ3n) is 3.55. The summed E-state index contributed by atoms with van der Waals surface area (Å²) < 4.78 is 5.40. The van der Waals surface area contributed by atoms with Crippen molar-refractivity contribution in [1.29, 1.82) is 0 Å². The molecule has 0 aromatic carbocycles. The fraction of sp³-hybridized carbons (Fsp3) is 0.750. The van der Waals surface area contributed by atoms with Crippen LogP contribution in [0.25, 0.3) is 0 Å². The Morgan fingerprint density at radius 3 is 2.94 bits per heavy atom. The fourth-order valence-electron chi connectivity index (χ4n) is 2.21. The van der Waals surface area contributed by atoms with E-state index in [1.54, 1.807) is 0 Å². The summed E-state index contributed by atoms with van der Waals surface area (Å²) in [6.07, 6.45) is 1.18. The Morgan fingerprint density at radius 2 is 2.38 bits per heavy atom. The maximum atomic E-state index is 5.40. The third-order valence-corrected chi connectivity index (χ3v) is 3.55. The molecule has 2 unspecified atom stereocenters. The Morgan fingerprint density at radius 1 is 1.56 bits per heavy atom. The number of aromatic nitrogens is 2. The highest BCUT2D eigenvalue weighted by molar-refractivity contribution is 5.22. The Balaban J connectivity index is 1.87. The Hall–Kier alpha value is -0.870. The Bertz CT molecular complexity index is 323. The zero-order chi connectivity index (χ0) is 11.5. The molecule has 2 rings (SSSR count). The van der Waals surface area contributed by atoms with Crippen LogP contribution in [0.2, 0.25) is 0 Å². The van der Waals surface area contributed by atoms with Crippen molar-refractivity contribution in [3.63, 3.8) is 0 Å². The number of aromatic amines is 1. The highest BCUT2D eigenvalue weighted by Crippen LogP contribution is 2.17. The van der Waals surface area contributed by atoms with Gasteiger partial charge in [0.05, 0.1) is 12.3 Å². The third kappa shape index (κ3) is 2.44. The lowest BCUT2D eigenvalue weighted by Crippen LogP contribution is -2.33. The highest BCUT2D eigenvalue weighted by Gasteiger charge is 2.22. The lowest BCUT2D eigenvalue weighted by atomic mass is 10.0. The molecule has 0 saturated carbocycles. The second kappa shape index (κ2) is 4.97.